The van der Waals surface area contributed by atoms with Gasteiger partial charge in [0, 0.05) is 30.8 Å². The number of aliphatic hydroxyl groups excluding tert-OH is 1. The van der Waals surface area contributed by atoms with Gasteiger partial charge in [-0.05, 0) is 18.2 Å². The molecule has 3 rings (SSSR count). The quantitative estimate of drug-likeness (QED) is 0.883. The maximum atomic E-state index is 13.9. The Morgan fingerprint density at radius 1 is 1.24 bits per heavy atom. The van der Waals surface area contributed by atoms with Crippen LogP contribution in [-0.2, 0) is 17.9 Å². The first-order chi connectivity index (χ1) is 12.1. The lowest BCUT2D eigenvalue weighted by Gasteiger charge is -2.22. The summed E-state index contributed by atoms with van der Waals surface area (Å²) in [4.78, 5) is 2.12. The van der Waals surface area contributed by atoms with Gasteiger partial charge in [0.15, 0.2) is 0 Å². The summed E-state index contributed by atoms with van der Waals surface area (Å²) < 4.78 is 25.1. The van der Waals surface area contributed by atoms with Gasteiger partial charge in [0.2, 0.25) is 0 Å². The fraction of sp³-hybridized carbons (Fsp3) is 0.368. The van der Waals surface area contributed by atoms with Crippen molar-refractivity contribution >= 4 is 11.6 Å². The first kappa shape index (κ1) is 18.1. The molecule has 2 aromatic rings. The van der Waals surface area contributed by atoms with Gasteiger partial charge in [-0.2, -0.15) is 0 Å². The molecule has 1 heterocycles. The number of aliphatic hydroxyl groups is 1. The van der Waals surface area contributed by atoms with Crippen LogP contribution in [-0.4, -0.2) is 42.4 Å². The molecule has 0 spiro atoms. The van der Waals surface area contributed by atoms with Crippen LogP contribution < -0.4 is 4.74 Å². The third-order valence-electron chi connectivity index (χ3n) is 4.13. The van der Waals surface area contributed by atoms with Gasteiger partial charge >= 0.3 is 0 Å². The van der Waals surface area contributed by atoms with Crippen molar-refractivity contribution < 1.29 is 19.0 Å². The highest BCUT2D eigenvalue weighted by molar-refractivity contribution is 6.31. The van der Waals surface area contributed by atoms with Crippen molar-refractivity contribution in [3.8, 4) is 5.75 Å². The summed E-state index contributed by atoms with van der Waals surface area (Å²) in [6, 6.07) is 12.2. The molecule has 1 fully saturated rings. The Hall–Kier alpha value is -1.66. The molecule has 134 valence electrons. The molecule has 25 heavy (non-hydrogen) atoms. The summed E-state index contributed by atoms with van der Waals surface area (Å²) in [5, 5.41) is 10.2. The van der Waals surface area contributed by atoms with Gasteiger partial charge in [-0.1, -0.05) is 35.9 Å². The standard InChI is InChI=1S/C19H21ClFNO3/c20-17-5-3-6-18(21)16(17)13-25-19-7-2-1-4-14(19)10-22-8-9-24-12-15(23)11-22/h1-7,15,23H,8-13H2. The molecular weight excluding hydrogens is 345 g/mol. The van der Waals surface area contributed by atoms with Crippen LogP contribution in [0, 0.1) is 5.82 Å². The SMILES string of the molecule is OC1COCCN(Cc2ccccc2OCc2c(F)cccc2Cl)C1. The highest BCUT2D eigenvalue weighted by atomic mass is 35.5. The van der Waals surface area contributed by atoms with E-state index in [1.807, 2.05) is 24.3 Å². The van der Waals surface area contributed by atoms with Gasteiger partial charge in [-0.15, -0.1) is 0 Å². The monoisotopic (exact) mass is 365 g/mol. The second-order valence-electron chi connectivity index (χ2n) is 6.06. The van der Waals surface area contributed by atoms with Gasteiger partial charge in [-0.3, -0.25) is 4.90 Å². The summed E-state index contributed by atoms with van der Waals surface area (Å²) in [5.41, 5.74) is 1.32. The number of rotatable bonds is 5. The number of halogens is 2. The maximum Gasteiger partial charge on any atom is 0.131 e. The van der Waals surface area contributed by atoms with Crippen LogP contribution in [0.5, 0.6) is 5.75 Å². The molecule has 0 bridgehead atoms. The topological polar surface area (TPSA) is 41.9 Å². The van der Waals surface area contributed by atoms with E-state index in [1.165, 1.54) is 6.07 Å². The van der Waals surface area contributed by atoms with Crippen molar-refractivity contribution in [2.45, 2.75) is 19.3 Å². The van der Waals surface area contributed by atoms with Crippen molar-refractivity contribution in [2.75, 3.05) is 26.3 Å². The smallest absolute Gasteiger partial charge is 0.131 e. The number of hydrogen-bond acceptors (Lipinski definition) is 4. The van der Waals surface area contributed by atoms with Crippen molar-refractivity contribution in [1.29, 1.82) is 0 Å². The molecule has 1 N–H and O–H groups in total. The Morgan fingerprint density at radius 3 is 2.92 bits per heavy atom. The van der Waals surface area contributed by atoms with E-state index in [-0.39, 0.29) is 12.4 Å². The van der Waals surface area contributed by atoms with Crippen LogP contribution in [0.15, 0.2) is 42.5 Å². The Kier molecular flexibility index (Phi) is 6.26. The van der Waals surface area contributed by atoms with Crippen molar-refractivity contribution in [3.63, 3.8) is 0 Å². The number of ether oxygens (including phenoxy) is 2. The average molecular weight is 366 g/mol. The van der Waals surface area contributed by atoms with Crippen LogP contribution in [0.3, 0.4) is 0 Å². The van der Waals surface area contributed by atoms with Crippen molar-refractivity contribution in [2.24, 2.45) is 0 Å². The molecule has 0 aliphatic carbocycles. The van der Waals surface area contributed by atoms with Crippen molar-refractivity contribution in [3.05, 3.63) is 64.4 Å². The van der Waals surface area contributed by atoms with Crippen LogP contribution in [0.25, 0.3) is 0 Å². The van der Waals surface area contributed by atoms with Gasteiger partial charge < -0.3 is 14.6 Å². The zero-order valence-corrected chi connectivity index (χ0v) is 14.6. The molecule has 2 aromatic carbocycles. The zero-order valence-electron chi connectivity index (χ0n) is 13.8. The summed E-state index contributed by atoms with van der Waals surface area (Å²) >= 11 is 6.06. The largest absolute Gasteiger partial charge is 0.488 e. The fourth-order valence-electron chi connectivity index (χ4n) is 2.83. The Balaban J connectivity index is 1.70. The third-order valence-corrected chi connectivity index (χ3v) is 4.49. The highest BCUT2D eigenvalue weighted by Crippen LogP contribution is 2.25. The predicted octanol–water partition coefficient (Wildman–Crippen LogP) is 3.25. The molecular formula is C19H21ClFNO3. The first-order valence-corrected chi connectivity index (χ1v) is 8.63. The van der Waals surface area contributed by atoms with E-state index in [4.69, 9.17) is 21.1 Å². The molecule has 1 aliphatic heterocycles. The first-order valence-electron chi connectivity index (χ1n) is 8.25. The number of benzene rings is 2. The van der Waals surface area contributed by atoms with E-state index < -0.39 is 6.10 Å². The lowest BCUT2D eigenvalue weighted by Crippen LogP contribution is -2.32. The van der Waals surface area contributed by atoms with E-state index in [9.17, 15) is 9.50 Å². The average Bonchev–Trinajstić information content (AvgIpc) is 2.80. The molecule has 6 heteroatoms. The molecule has 0 radical (unpaired) electrons. The minimum Gasteiger partial charge on any atom is -0.488 e. The van der Waals surface area contributed by atoms with E-state index in [2.05, 4.69) is 4.90 Å². The molecule has 1 atom stereocenters. The number of hydrogen-bond donors (Lipinski definition) is 1. The lowest BCUT2D eigenvalue weighted by atomic mass is 10.1. The summed E-state index contributed by atoms with van der Waals surface area (Å²) in [6.07, 6.45) is -0.493. The van der Waals surface area contributed by atoms with Gasteiger partial charge in [0.25, 0.3) is 0 Å². The number of para-hydroxylation sites is 1. The van der Waals surface area contributed by atoms with E-state index in [0.29, 0.717) is 42.6 Å². The van der Waals surface area contributed by atoms with E-state index in [0.717, 1.165) is 12.1 Å². The number of β-amino-alcohol motifs (C(OH)–C–C–N with tert-alkyl or cyclic N) is 1. The molecule has 0 amide bonds. The van der Waals surface area contributed by atoms with Crippen LogP contribution in [0.2, 0.25) is 5.02 Å². The predicted molar refractivity (Wildman–Crippen MR) is 94.3 cm³/mol. The Labute approximate surface area is 151 Å². The minimum absolute atomic E-state index is 0.0637. The molecule has 0 saturated carbocycles. The minimum atomic E-state index is -0.493. The molecule has 0 aromatic heterocycles. The van der Waals surface area contributed by atoms with Gasteiger partial charge in [0.1, 0.15) is 18.2 Å². The third kappa shape index (κ3) is 4.92. The second-order valence-corrected chi connectivity index (χ2v) is 6.47. The maximum absolute atomic E-state index is 13.9. The second kappa shape index (κ2) is 8.63. The zero-order chi connectivity index (χ0) is 17.6. The summed E-state index contributed by atoms with van der Waals surface area (Å²) in [5.74, 6) is 0.305. The van der Waals surface area contributed by atoms with E-state index >= 15 is 0 Å². The Morgan fingerprint density at radius 2 is 2.08 bits per heavy atom. The summed E-state index contributed by atoms with van der Waals surface area (Å²) in [7, 11) is 0. The van der Waals surface area contributed by atoms with E-state index in [1.54, 1.807) is 12.1 Å². The molecule has 1 unspecified atom stereocenters. The van der Waals surface area contributed by atoms with Crippen LogP contribution in [0.4, 0.5) is 4.39 Å². The van der Waals surface area contributed by atoms with Crippen LogP contribution in [0.1, 0.15) is 11.1 Å². The molecule has 4 nitrogen and oxygen atoms in total. The lowest BCUT2D eigenvalue weighted by molar-refractivity contribution is 0.0562. The normalized spacial score (nSPS) is 18.8. The highest BCUT2D eigenvalue weighted by Gasteiger charge is 2.18. The molecule has 1 aliphatic rings. The van der Waals surface area contributed by atoms with Crippen LogP contribution >= 0.6 is 11.6 Å². The molecule has 1 saturated heterocycles. The Bertz CT molecular complexity index is 693. The number of nitrogens with zero attached hydrogens (tertiary/aromatic N) is 1. The van der Waals surface area contributed by atoms with Gasteiger partial charge in [0.05, 0.1) is 24.3 Å². The fourth-order valence-corrected chi connectivity index (χ4v) is 3.05. The summed E-state index contributed by atoms with van der Waals surface area (Å²) in [6.45, 7) is 2.93. The van der Waals surface area contributed by atoms with Crippen molar-refractivity contribution in [1.82, 2.24) is 4.90 Å². The van der Waals surface area contributed by atoms with Gasteiger partial charge in [-0.25, -0.2) is 4.39 Å².